The number of carbonyl (C=O) groups excluding carboxylic acids is 2. The molecule has 0 radical (unpaired) electrons. The van der Waals surface area contributed by atoms with E-state index in [9.17, 15) is 9.59 Å². The minimum atomic E-state index is -0.816. The highest BCUT2D eigenvalue weighted by Gasteiger charge is 2.49. The van der Waals surface area contributed by atoms with Crippen molar-refractivity contribution in [2.75, 3.05) is 33.2 Å². The van der Waals surface area contributed by atoms with Crippen LogP contribution in [-0.4, -0.2) is 60.6 Å². The second kappa shape index (κ2) is 13.8. The fourth-order valence-corrected chi connectivity index (χ4v) is 5.74. The minimum Gasteiger partial charge on any atom is -0.444 e. The fraction of sp³-hybridized carbons (Fsp3) is 0.562. The Hall–Kier alpha value is -2.86. The van der Waals surface area contributed by atoms with Crippen LogP contribution in [0.25, 0.3) is 0 Å². The van der Waals surface area contributed by atoms with Gasteiger partial charge in [0, 0.05) is 20.1 Å². The maximum absolute atomic E-state index is 13.2. The number of nitrogens with zero attached hydrogens (tertiary/aromatic N) is 2. The highest BCUT2D eigenvalue weighted by molar-refractivity contribution is 5.91. The van der Waals surface area contributed by atoms with Crippen LogP contribution in [0.4, 0.5) is 4.79 Å². The Bertz CT molecular complexity index is 964. The summed E-state index contributed by atoms with van der Waals surface area (Å²) in [6, 6.07) is 20.2. The zero-order valence-corrected chi connectivity index (χ0v) is 23.8. The molecule has 1 unspecified atom stereocenters. The van der Waals surface area contributed by atoms with E-state index in [-0.39, 0.29) is 17.9 Å². The van der Waals surface area contributed by atoms with Gasteiger partial charge in [0.1, 0.15) is 11.0 Å². The lowest BCUT2D eigenvalue weighted by molar-refractivity contribution is -0.123. The molecule has 1 fully saturated rings. The van der Waals surface area contributed by atoms with E-state index in [4.69, 9.17) is 10.5 Å². The van der Waals surface area contributed by atoms with Crippen molar-refractivity contribution in [2.24, 2.45) is 11.7 Å². The molecule has 3 rings (SSSR count). The molecule has 0 aliphatic carbocycles. The van der Waals surface area contributed by atoms with E-state index in [2.05, 4.69) is 4.90 Å². The summed E-state index contributed by atoms with van der Waals surface area (Å²) in [6.45, 7) is 9.33. The molecule has 1 heterocycles. The summed E-state index contributed by atoms with van der Waals surface area (Å²) in [6.07, 6.45) is 7.56. The van der Waals surface area contributed by atoms with Gasteiger partial charge in [-0.2, -0.15) is 0 Å². The van der Waals surface area contributed by atoms with Gasteiger partial charge in [0.2, 0.25) is 5.91 Å². The van der Waals surface area contributed by atoms with Crippen LogP contribution in [-0.2, 0) is 14.9 Å². The highest BCUT2D eigenvalue weighted by Crippen LogP contribution is 2.43. The number of benzene rings is 2. The normalized spacial score (nSPS) is 16.4. The van der Waals surface area contributed by atoms with Gasteiger partial charge in [-0.3, -0.25) is 4.79 Å². The topological polar surface area (TPSA) is 75.9 Å². The van der Waals surface area contributed by atoms with Crippen molar-refractivity contribution in [3.05, 3.63) is 71.8 Å². The van der Waals surface area contributed by atoms with E-state index in [1.807, 2.05) is 81.4 Å². The predicted octanol–water partition coefficient (Wildman–Crippen LogP) is 5.99. The van der Waals surface area contributed by atoms with Crippen molar-refractivity contribution in [3.63, 3.8) is 0 Å². The lowest BCUT2D eigenvalue weighted by Gasteiger charge is -2.37. The summed E-state index contributed by atoms with van der Waals surface area (Å²) < 4.78 is 5.41. The molecule has 0 spiro atoms. The van der Waals surface area contributed by atoms with E-state index < -0.39 is 11.0 Å². The molecule has 1 atom stereocenters. The number of rotatable bonds is 13. The second-order valence-electron chi connectivity index (χ2n) is 11.7. The van der Waals surface area contributed by atoms with Crippen molar-refractivity contribution >= 4 is 12.0 Å². The van der Waals surface area contributed by atoms with Gasteiger partial charge < -0.3 is 20.3 Å². The third-order valence-electron chi connectivity index (χ3n) is 7.65. The fourth-order valence-electron chi connectivity index (χ4n) is 5.74. The molecule has 6 heteroatoms. The molecule has 1 saturated heterocycles. The van der Waals surface area contributed by atoms with Crippen LogP contribution in [0.1, 0.15) is 76.8 Å². The Morgan fingerprint density at radius 3 is 1.95 bits per heavy atom. The lowest BCUT2D eigenvalue weighted by atomic mass is 9.64. The van der Waals surface area contributed by atoms with E-state index in [1.165, 1.54) is 19.3 Å². The van der Waals surface area contributed by atoms with Gasteiger partial charge >= 0.3 is 6.09 Å². The summed E-state index contributed by atoms with van der Waals surface area (Å²) in [5.74, 6) is -0.120. The van der Waals surface area contributed by atoms with Crippen molar-refractivity contribution in [1.82, 2.24) is 9.80 Å². The van der Waals surface area contributed by atoms with Gasteiger partial charge in [-0.1, -0.05) is 86.3 Å². The lowest BCUT2D eigenvalue weighted by Crippen LogP contribution is -2.49. The van der Waals surface area contributed by atoms with E-state index in [0.29, 0.717) is 0 Å². The van der Waals surface area contributed by atoms with Gasteiger partial charge in [-0.05, 0) is 70.2 Å². The van der Waals surface area contributed by atoms with Crippen molar-refractivity contribution in [3.8, 4) is 0 Å². The van der Waals surface area contributed by atoms with Crippen LogP contribution in [0.15, 0.2) is 60.7 Å². The Morgan fingerprint density at radius 2 is 1.42 bits per heavy atom. The average Bonchev–Trinajstić information content (AvgIpc) is 3.35. The molecule has 2 amide bonds. The molecule has 2 aromatic carbocycles. The van der Waals surface area contributed by atoms with E-state index in [0.717, 1.165) is 63.0 Å². The maximum atomic E-state index is 13.2. The largest absolute Gasteiger partial charge is 0.444 e. The second-order valence-corrected chi connectivity index (χ2v) is 11.7. The monoisotopic (exact) mass is 521 g/mol. The third kappa shape index (κ3) is 7.83. The van der Waals surface area contributed by atoms with Crippen molar-refractivity contribution in [1.29, 1.82) is 0 Å². The smallest absolute Gasteiger partial charge is 0.410 e. The number of ether oxygens (including phenoxy) is 1. The maximum Gasteiger partial charge on any atom is 0.410 e. The van der Waals surface area contributed by atoms with E-state index >= 15 is 0 Å². The number of hydrogen-bond acceptors (Lipinski definition) is 4. The number of amides is 2. The van der Waals surface area contributed by atoms with Crippen LogP contribution in [0, 0.1) is 5.92 Å². The quantitative estimate of drug-likeness (QED) is 0.329. The Labute approximate surface area is 229 Å². The first-order valence-electron chi connectivity index (χ1n) is 14.2. The van der Waals surface area contributed by atoms with Gasteiger partial charge in [-0.25, -0.2) is 4.79 Å². The Kier molecular flexibility index (Phi) is 10.8. The molecular formula is C32H47N3O3. The number of primary amides is 1. The SMILES string of the molecule is CN(CCCCCCCCN1CCC(C(C(N)=O)(c2ccccc2)c2ccccc2)C1)C(=O)OC(C)(C)C. The zero-order chi connectivity index (χ0) is 27.6. The molecule has 2 N–H and O–H groups in total. The van der Waals surface area contributed by atoms with Crippen molar-refractivity contribution in [2.45, 2.75) is 76.7 Å². The predicted molar refractivity (Wildman–Crippen MR) is 154 cm³/mol. The molecule has 38 heavy (non-hydrogen) atoms. The molecule has 0 saturated carbocycles. The number of hydrogen-bond donors (Lipinski definition) is 1. The summed E-state index contributed by atoms with van der Waals surface area (Å²) in [5.41, 5.74) is 6.93. The van der Waals surface area contributed by atoms with Crippen LogP contribution in [0.3, 0.4) is 0 Å². The van der Waals surface area contributed by atoms with Crippen LogP contribution in [0.5, 0.6) is 0 Å². The Balaban J connectivity index is 1.44. The van der Waals surface area contributed by atoms with Crippen LogP contribution in [0.2, 0.25) is 0 Å². The molecule has 208 valence electrons. The van der Waals surface area contributed by atoms with Gasteiger partial charge in [0.15, 0.2) is 0 Å². The standard InChI is InChI=1S/C32H47N3O3/c1-31(2,3)38-30(37)34(4)22-15-7-5-6-8-16-23-35-24-21-28(25-35)32(29(33)36,26-17-11-9-12-18-26)27-19-13-10-14-20-27/h9-14,17-20,28H,5-8,15-16,21-25H2,1-4H3,(H2,33,36). The first kappa shape index (κ1) is 29.7. The minimum absolute atomic E-state index is 0.145. The molecule has 2 aromatic rings. The first-order chi connectivity index (χ1) is 18.1. The number of carbonyl (C=O) groups is 2. The number of likely N-dealkylation sites (tertiary alicyclic amines) is 1. The third-order valence-corrected chi connectivity index (χ3v) is 7.65. The molecule has 1 aliphatic rings. The average molecular weight is 522 g/mol. The molecular weight excluding hydrogens is 474 g/mol. The molecule has 1 aliphatic heterocycles. The van der Waals surface area contributed by atoms with Crippen LogP contribution >= 0.6 is 0 Å². The number of nitrogens with two attached hydrogens (primary N) is 1. The summed E-state index contributed by atoms with van der Waals surface area (Å²) in [7, 11) is 1.81. The molecule has 0 bridgehead atoms. The van der Waals surface area contributed by atoms with Crippen LogP contribution < -0.4 is 5.73 Å². The molecule has 0 aromatic heterocycles. The zero-order valence-electron chi connectivity index (χ0n) is 23.8. The van der Waals surface area contributed by atoms with E-state index in [1.54, 1.807) is 11.9 Å². The van der Waals surface area contributed by atoms with Gasteiger partial charge in [0.25, 0.3) is 0 Å². The van der Waals surface area contributed by atoms with Crippen molar-refractivity contribution < 1.29 is 14.3 Å². The summed E-state index contributed by atoms with van der Waals surface area (Å²) in [5, 5.41) is 0. The van der Waals surface area contributed by atoms with Gasteiger partial charge in [0.05, 0.1) is 0 Å². The molecule has 6 nitrogen and oxygen atoms in total. The first-order valence-corrected chi connectivity index (χ1v) is 14.2. The summed E-state index contributed by atoms with van der Waals surface area (Å²) >= 11 is 0. The highest BCUT2D eigenvalue weighted by atomic mass is 16.6. The van der Waals surface area contributed by atoms with Gasteiger partial charge in [-0.15, -0.1) is 0 Å². The number of unbranched alkanes of at least 4 members (excludes halogenated alkanes) is 5. The Morgan fingerprint density at radius 1 is 0.895 bits per heavy atom. The summed E-state index contributed by atoms with van der Waals surface area (Å²) in [4.78, 5) is 29.4.